The molecule has 0 spiro atoms. The van der Waals surface area contributed by atoms with Gasteiger partial charge in [-0.15, -0.1) is 0 Å². The summed E-state index contributed by atoms with van der Waals surface area (Å²) in [7, 11) is 0. The lowest BCUT2D eigenvalue weighted by atomic mass is 9.87. The van der Waals surface area contributed by atoms with Crippen LogP contribution in [0.15, 0.2) is 23.3 Å². The number of nitrogens with zero attached hydrogens (tertiary/aromatic N) is 1. The topological polar surface area (TPSA) is 36.4 Å². The third-order valence-corrected chi connectivity index (χ3v) is 3.74. The zero-order valence-electron chi connectivity index (χ0n) is 9.21. The molecule has 5 heteroatoms. The largest absolute Gasteiger partial charge is 0.316 e. The van der Waals surface area contributed by atoms with Crippen molar-refractivity contribution in [1.82, 2.24) is 10.7 Å². The Morgan fingerprint density at radius 3 is 3.12 bits per heavy atom. The maximum Gasteiger partial charge on any atom is 0.130 e. The first-order chi connectivity index (χ1) is 8.27. The number of hydrogen-bond acceptors (Lipinski definition) is 3. The molecule has 1 fully saturated rings. The van der Waals surface area contributed by atoms with Gasteiger partial charge in [0.1, 0.15) is 5.82 Å². The van der Waals surface area contributed by atoms with Gasteiger partial charge in [0, 0.05) is 41.7 Å². The summed E-state index contributed by atoms with van der Waals surface area (Å²) in [6.45, 7) is 1.76. The summed E-state index contributed by atoms with van der Waals surface area (Å²) in [6, 6.07) is 4.64. The Morgan fingerprint density at radius 2 is 2.29 bits per heavy atom. The molecule has 2 atom stereocenters. The van der Waals surface area contributed by atoms with Crippen LogP contribution >= 0.6 is 11.6 Å². The fourth-order valence-corrected chi connectivity index (χ4v) is 2.82. The van der Waals surface area contributed by atoms with Crippen molar-refractivity contribution in [2.75, 3.05) is 13.1 Å². The summed E-state index contributed by atoms with van der Waals surface area (Å²) in [5.74, 6) is -0.0600. The van der Waals surface area contributed by atoms with E-state index in [4.69, 9.17) is 11.6 Å². The zero-order chi connectivity index (χ0) is 11.8. The average Bonchev–Trinajstić information content (AvgIpc) is 2.73. The van der Waals surface area contributed by atoms with E-state index < -0.39 is 0 Å². The molecule has 0 aromatic heterocycles. The molecule has 1 saturated heterocycles. The van der Waals surface area contributed by atoms with Crippen LogP contribution < -0.4 is 10.7 Å². The van der Waals surface area contributed by atoms with E-state index in [1.165, 1.54) is 6.07 Å². The highest BCUT2D eigenvalue weighted by Gasteiger charge is 2.36. The van der Waals surface area contributed by atoms with Crippen molar-refractivity contribution in [3.05, 3.63) is 34.6 Å². The Morgan fingerprint density at radius 1 is 1.41 bits per heavy atom. The van der Waals surface area contributed by atoms with E-state index in [0.717, 1.165) is 25.2 Å². The number of rotatable bonds is 1. The average molecular weight is 254 g/mol. The summed E-state index contributed by atoms with van der Waals surface area (Å²) in [4.78, 5) is 0. The van der Waals surface area contributed by atoms with Crippen molar-refractivity contribution >= 4 is 17.3 Å². The van der Waals surface area contributed by atoms with Gasteiger partial charge in [0.2, 0.25) is 0 Å². The van der Waals surface area contributed by atoms with Gasteiger partial charge >= 0.3 is 0 Å². The van der Waals surface area contributed by atoms with Gasteiger partial charge in [0.05, 0.1) is 6.04 Å². The molecule has 90 valence electrons. The molecule has 3 rings (SSSR count). The second-order valence-electron chi connectivity index (χ2n) is 4.41. The Labute approximate surface area is 104 Å². The first kappa shape index (κ1) is 11.0. The second kappa shape index (κ2) is 4.27. The number of halogens is 2. The van der Waals surface area contributed by atoms with Gasteiger partial charge in [0.15, 0.2) is 0 Å². The van der Waals surface area contributed by atoms with Crippen molar-refractivity contribution in [2.45, 2.75) is 12.5 Å². The standard InChI is InChI=1S/C12H13ClFN3/c13-8-2-1-3-9(14)11(8)12-7-6-15-5-4-10(7)16-17-12/h1-3,7,12,15,17H,4-6H2. The summed E-state index contributed by atoms with van der Waals surface area (Å²) in [6.07, 6.45) is 0.917. The van der Waals surface area contributed by atoms with E-state index in [2.05, 4.69) is 15.8 Å². The van der Waals surface area contributed by atoms with Gasteiger partial charge in [-0.25, -0.2) is 4.39 Å². The Hall–Kier alpha value is -1.13. The Kier molecular flexibility index (Phi) is 2.76. The number of benzene rings is 1. The lowest BCUT2D eigenvalue weighted by molar-refractivity contribution is 0.435. The lowest BCUT2D eigenvalue weighted by Crippen LogP contribution is -2.38. The number of hydrazone groups is 1. The zero-order valence-corrected chi connectivity index (χ0v) is 9.97. The normalized spacial score (nSPS) is 27.3. The summed E-state index contributed by atoms with van der Waals surface area (Å²) < 4.78 is 13.9. The molecule has 2 aliphatic rings. The molecule has 0 amide bonds. The highest BCUT2D eigenvalue weighted by atomic mass is 35.5. The molecule has 1 aromatic rings. The first-order valence-corrected chi connectivity index (χ1v) is 6.12. The molecule has 2 aliphatic heterocycles. The van der Waals surface area contributed by atoms with Gasteiger partial charge in [-0.3, -0.25) is 0 Å². The van der Waals surface area contributed by atoms with E-state index in [1.807, 2.05) is 0 Å². The fourth-order valence-electron chi connectivity index (χ4n) is 2.54. The highest BCUT2D eigenvalue weighted by molar-refractivity contribution is 6.31. The second-order valence-corrected chi connectivity index (χ2v) is 4.81. The van der Waals surface area contributed by atoms with Crippen molar-refractivity contribution in [3.8, 4) is 0 Å². The molecule has 0 bridgehead atoms. The molecule has 2 N–H and O–H groups in total. The van der Waals surface area contributed by atoms with Crippen LogP contribution in [0.2, 0.25) is 5.02 Å². The van der Waals surface area contributed by atoms with E-state index >= 15 is 0 Å². The van der Waals surface area contributed by atoms with Crippen molar-refractivity contribution < 1.29 is 4.39 Å². The first-order valence-electron chi connectivity index (χ1n) is 5.74. The van der Waals surface area contributed by atoms with E-state index in [1.54, 1.807) is 12.1 Å². The summed E-state index contributed by atoms with van der Waals surface area (Å²) >= 11 is 6.09. The van der Waals surface area contributed by atoms with Crippen LogP contribution in [-0.2, 0) is 0 Å². The number of hydrogen-bond donors (Lipinski definition) is 2. The Bertz CT molecular complexity index is 455. The van der Waals surface area contributed by atoms with Gasteiger partial charge in [-0.1, -0.05) is 17.7 Å². The minimum absolute atomic E-state index is 0.147. The monoisotopic (exact) mass is 253 g/mol. The third-order valence-electron chi connectivity index (χ3n) is 3.41. The molecular formula is C12H13ClFN3. The smallest absolute Gasteiger partial charge is 0.130 e. The van der Waals surface area contributed by atoms with E-state index in [-0.39, 0.29) is 17.8 Å². The van der Waals surface area contributed by atoms with Crippen LogP contribution in [0.3, 0.4) is 0 Å². The summed E-state index contributed by atoms with van der Waals surface area (Å²) in [5.41, 5.74) is 4.67. The SMILES string of the molecule is Fc1cccc(Cl)c1C1NN=C2CCNCC21. The maximum absolute atomic E-state index is 13.9. The predicted molar refractivity (Wildman–Crippen MR) is 65.7 cm³/mol. The minimum atomic E-state index is -0.267. The molecule has 3 nitrogen and oxygen atoms in total. The number of nitrogens with one attached hydrogen (secondary N) is 2. The third kappa shape index (κ3) is 1.81. The molecule has 17 heavy (non-hydrogen) atoms. The molecule has 2 heterocycles. The van der Waals surface area contributed by atoms with Crippen molar-refractivity contribution in [2.24, 2.45) is 11.0 Å². The molecule has 2 unspecified atom stereocenters. The van der Waals surface area contributed by atoms with Gasteiger partial charge in [-0.2, -0.15) is 5.10 Å². The molecule has 0 radical (unpaired) electrons. The highest BCUT2D eigenvalue weighted by Crippen LogP contribution is 2.35. The number of fused-ring (bicyclic) bond motifs is 1. The molecular weight excluding hydrogens is 241 g/mol. The van der Waals surface area contributed by atoms with Crippen LogP contribution in [0.25, 0.3) is 0 Å². The van der Waals surface area contributed by atoms with Crippen LogP contribution in [0, 0.1) is 11.7 Å². The molecule has 0 saturated carbocycles. The van der Waals surface area contributed by atoms with Crippen LogP contribution in [0.1, 0.15) is 18.0 Å². The van der Waals surface area contributed by atoms with Crippen LogP contribution in [0.5, 0.6) is 0 Å². The summed E-state index contributed by atoms with van der Waals surface area (Å²) in [5, 5.41) is 8.07. The van der Waals surface area contributed by atoms with Gasteiger partial charge in [-0.05, 0) is 12.1 Å². The van der Waals surface area contributed by atoms with E-state index in [0.29, 0.717) is 10.6 Å². The van der Waals surface area contributed by atoms with E-state index in [9.17, 15) is 4.39 Å². The van der Waals surface area contributed by atoms with Gasteiger partial charge < -0.3 is 10.7 Å². The maximum atomic E-state index is 13.9. The van der Waals surface area contributed by atoms with Crippen molar-refractivity contribution in [1.29, 1.82) is 0 Å². The van der Waals surface area contributed by atoms with Gasteiger partial charge in [0.25, 0.3) is 0 Å². The Balaban J connectivity index is 1.96. The molecule has 0 aliphatic carbocycles. The quantitative estimate of drug-likeness (QED) is 0.804. The lowest BCUT2D eigenvalue weighted by Gasteiger charge is -2.25. The number of piperidine rings is 1. The van der Waals surface area contributed by atoms with Crippen molar-refractivity contribution in [3.63, 3.8) is 0 Å². The predicted octanol–water partition coefficient (Wildman–Crippen LogP) is 2.09. The van der Waals surface area contributed by atoms with Crippen LogP contribution in [0.4, 0.5) is 4.39 Å². The fraction of sp³-hybridized carbons (Fsp3) is 0.417. The molecule has 1 aromatic carbocycles. The minimum Gasteiger partial charge on any atom is -0.316 e. The van der Waals surface area contributed by atoms with Crippen LogP contribution in [-0.4, -0.2) is 18.8 Å².